The van der Waals surface area contributed by atoms with Gasteiger partial charge in [0.2, 0.25) is 0 Å². The zero-order chi connectivity index (χ0) is 13.8. The van der Waals surface area contributed by atoms with Crippen LogP contribution in [0.1, 0.15) is 44.3 Å². The average molecular weight is 281 g/mol. The van der Waals surface area contributed by atoms with Crippen LogP contribution in [0.15, 0.2) is 5.38 Å². The smallest absolute Gasteiger partial charge is 0.0931 e. The summed E-state index contributed by atoms with van der Waals surface area (Å²) >= 11 is 1.81. The first-order valence-corrected chi connectivity index (χ1v) is 8.35. The van der Waals surface area contributed by atoms with Crippen LogP contribution in [0.2, 0.25) is 0 Å². The number of thiazole rings is 1. The highest BCUT2D eigenvalue weighted by molar-refractivity contribution is 7.09. The third-order valence-corrected chi connectivity index (χ3v) is 4.79. The Morgan fingerprint density at radius 3 is 2.95 bits per heavy atom. The van der Waals surface area contributed by atoms with Gasteiger partial charge >= 0.3 is 0 Å². The van der Waals surface area contributed by atoms with Gasteiger partial charge in [0, 0.05) is 36.9 Å². The summed E-state index contributed by atoms with van der Waals surface area (Å²) in [7, 11) is 0. The van der Waals surface area contributed by atoms with Crippen LogP contribution in [-0.2, 0) is 12.8 Å². The van der Waals surface area contributed by atoms with Crippen molar-refractivity contribution in [1.29, 1.82) is 0 Å². The van der Waals surface area contributed by atoms with Gasteiger partial charge < -0.3 is 10.6 Å². The Morgan fingerprint density at radius 1 is 1.47 bits per heavy atom. The lowest BCUT2D eigenvalue weighted by Crippen LogP contribution is -2.40. The Bertz CT molecular complexity index is 386. The fourth-order valence-electron chi connectivity index (χ4n) is 2.85. The van der Waals surface area contributed by atoms with E-state index in [4.69, 9.17) is 10.7 Å². The predicted octanol–water partition coefficient (Wildman–Crippen LogP) is 2.70. The summed E-state index contributed by atoms with van der Waals surface area (Å²) in [6.45, 7) is 9.14. The van der Waals surface area contributed by atoms with Gasteiger partial charge in [0.25, 0.3) is 0 Å². The van der Waals surface area contributed by atoms with Crippen LogP contribution in [0.25, 0.3) is 0 Å². The summed E-state index contributed by atoms with van der Waals surface area (Å²) in [5.74, 6) is 0.783. The number of hydrogen-bond donors (Lipinski definition) is 1. The molecule has 2 rings (SSSR count). The van der Waals surface area contributed by atoms with Gasteiger partial charge in [0.1, 0.15) is 0 Å². The molecule has 1 aromatic heterocycles. The second-order valence-corrected chi connectivity index (χ2v) is 7.16. The minimum absolute atomic E-state index is 0.209. The molecular formula is C15H27N3S. The van der Waals surface area contributed by atoms with E-state index in [1.54, 1.807) is 0 Å². The van der Waals surface area contributed by atoms with E-state index in [0.29, 0.717) is 6.04 Å². The van der Waals surface area contributed by atoms with Crippen molar-refractivity contribution in [1.82, 2.24) is 9.88 Å². The molecule has 0 amide bonds. The van der Waals surface area contributed by atoms with E-state index in [9.17, 15) is 0 Å². The highest BCUT2D eigenvalue weighted by atomic mass is 32.1. The summed E-state index contributed by atoms with van der Waals surface area (Å²) in [6.07, 6.45) is 4.73. The normalized spacial score (nSPS) is 22.9. The number of nitrogens with zero attached hydrogens (tertiary/aromatic N) is 2. The fraction of sp³-hybridized carbons (Fsp3) is 0.800. The van der Waals surface area contributed by atoms with E-state index in [1.165, 1.54) is 36.6 Å². The van der Waals surface area contributed by atoms with Gasteiger partial charge in [0.05, 0.1) is 10.7 Å². The molecule has 1 fully saturated rings. The van der Waals surface area contributed by atoms with E-state index in [1.807, 2.05) is 18.3 Å². The molecule has 1 saturated heterocycles. The molecule has 2 heterocycles. The van der Waals surface area contributed by atoms with Crippen molar-refractivity contribution in [2.45, 2.75) is 58.5 Å². The van der Waals surface area contributed by atoms with Crippen LogP contribution in [0.5, 0.6) is 0 Å². The third-order valence-electron chi connectivity index (χ3n) is 3.87. The molecule has 0 aliphatic carbocycles. The molecule has 0 radical (unpaired) electrons. The maximum atomic E-state index is 5.83. The van der Waals surface area contributed by atoms with Crippen molar-refractivity contribution in [2.24, 2.45) is 11.7 Å². The van der Waals surface area contributed by atoms with Crippen molar-refractivity contribution in [2.75, 3.05) is 13.1 Å². The van der Waals surface area contributed by atoms with E-state index >= 15 is 0 Å². The van der Waals surface area contributed by atoms with Gasteiger partial charge in [-0.05, 0) is 46.1 Å². The van der Waals surface area contributed by atoms with E-state index in [2.05, 4.69) is 24.1 Å². The molecule has 3 nitrogen and oxygen atoms in total. The number of rotatable bonds is 5. The molecule has 2 atom stereocenters. The Morgan fingerprint density at radius 2 is 2.26 bits per heavy atom. The molecule has 1 aliphatic heterocycles. The fourth-order valence-corrected chi connectivity index (χ4v) is 3.77. The van der Waals surface area contributed by atoms with Crippen LogP contribution < -0.4 is 5.73 Å². The van der Waals surface area contributed by atoms with Gasteiger partial charge in [-0.1, -0.05) is 0 Å². The Balaban J connectivity index is 1.88. The molecule has 0 saturated carbocycles. The topological polar surface area (TPSA) is 42.1 Å². The van der Waals surface area contributed by atoms with Gasteiger partial charge in [-0.15, -0.1) is 11.3 Å². The highest BCUT2D eigenvalue weighted by Gasteiger charge is 2.22. The zero-order valence-electron chi connectivity index (χ0n) is 12.4. The van der Waals surface area contributed by atoms with Gasteiger partial charge in [0.15, 0.2) is 0 Å². The summed E-state index contributed by atoms with van der Waals surface area (Å²) in [4.78, 5) is 7.34. The van der Waals surface area contributed by atoms with Crippen LogP contribution in [-0.4, -0.2) is 35.1 Å². The Hall–Kier alpha value is -0.450. The summed E-state index contributed by atoms with van der Waals surface area (Å²) in [5.41, 5.74) is 7.00. The zero-order valence-corrected chi connectivity index (χ0v) is 13.2. The molecule has 1 aromatic rings. The van der Waals surface area contributed by atoms with Gasteiger partial charge in [-0.3, -0.25) is 0 Å². The minimum atomic E-state index is 0.209. The van der Waals surface area contributed by atoms with Crippen molar-refractivity contribution < 1.29 is 0 Å². The molecule has 0 aromatic carbocycles. The lowest BCUT2D eigenvalue weighted by molar-refractivity contribution is 0.139. The lowest BCUT2D eigenvalue weighted by Gasteiger charge is -2.35. The number of piperidine rings is 1. The van der Waals surface area contributed by atoms with Gasteiger partial charge in [-0.2, -0.15) is 0 Å². The molecular weight excluding hydrogens is 254 g/mol. The predicted molar refractivity (Wildman–Crippen MR) is 82.6 cm³/mol. The number of aromatic nitrogens is 1. The van der Waals surface area contributed by atoms with Crippen LogP contribution in [0, 0.1) is 5.92 Å². The second kappa shape index (κ2) is 6.82. The van der Waals surface area contributed by atoms with Crippen molar-refractivity contribution in [3.05, 3.63) is 16.1 Å². The first-order valence-electron chi connectivity index (χ1n) is 7.47. The first-order chi connectivity index (χ1) is 9.04. The van der Waals surface area contributed by atoms with Crippen molar-refractivity contribution in [3.63, 3.8) is 0 Å². The van der Waals surface area contributed by atoms with Crippen molar-refractivity contribution in [3.8, 4) is 0 Å². The molecule has 108 valence electrons. The number of hydrogen-bond acceptors (Lipinski definition) is 4. The number of nitrogens with two attached hydrogens (primary N) is 1. The van der Waals surface area contributed by atoms with Crippen LogP contribution >= 0.6 is 11.3 Å². The first kappa shape index (κ1) is 14.9. The van der Waals surface area contributed by atoms with Gasteiger partial charge in [-0.25, -0.2) is 4.98 Å². The molecule has 2 unspecified atom stereocenters. The SMILES string of the molecule is CC(N)Cc1csc(CC2CCCN(C(C)C)C2)n1. The Labute approximate surface area is 121 Å². The minimum Gasteiger partial charge on any atom is -0.328 e. The molecule has 1 aliphatic rings. The second-order valence-electron chi connectivity index (χ2n) is 6.22. The molecule has 4 heteroatoms. The maximum Gasteiger partial charge on any atom is 0.0931 e. The largest absolute Gasteiger partial charge is 0.328 e. The highest BCUT2D eigenvalue weighted by Crippen LogP contribution is 2.24. The Kier molecular flexibility index (Phi) is 5.37. The monoisotopic (exact) mass is 281 g/mol. The van der Waals surface area contributed by atoms with Crippen LogP contribution in [0.4, 0.5) is 0 Å². The standard InChI is InChI=1S/C15H27N3S/c1-11(2)18-6-4-5-13(9-18)8-15-17-14(10-19-15)7-12(3)16/h10-13H,4-9,16H2,1-3H3. The average Bonchev–Trinajstić information content (AvgIpc) is 2.76. The van der Waals surface area contributed by atoms with E-state index in [0.717, 1.165) is 18.8 Å². The van der Waals surface area contributed by atoms with Crippen LogP contribution in [0.3, 0.4) is 0 Å². The molecule has 19 heavy (non-hydrogen) atoms. The van der Waals surface area contributed by atoms with E-state index < -0.39 is 0 Å². The molecule has 0 bridgehead atoms. The summed E-state index contributed by atoms with van der Waals surface area (Å²) in [6, 6.07) is 0.883. The molecule has 2 N–H and O–H groups in total. The van der Waals surface area contributed by atoms with Crippen molar-refractivity contribution >= 4 is 11.3 Å². The summed E-state index contributed by atoms with van der Waals surface area (Å²) in [5, 5.41) is 3.48. The third kappa shape index (κ3) is 4.55. The lowest BCUT2D eigenvalue weighted by atomic mass is 9.94. The maximum absolute atomic E-state index is 5.83. The summed E-state index contributed by atoms with van der Waals surface area (Å²) < 4.78 is 0. The molecule has 0 spiro atoms. The number of likely N-dealkylation sites (tertiary alicyclic amines) is 1. The van der Waals surface area contributed by atoms with E-state index in [-0.39, 0.29) is 6.04 Å². The quantitative estimate of drug-likeness (QED) is 0.902.